The zero-order valence-electron chi connectivity index (χ0n) is 18.8. The summed E-state index contributed by atoms with van der Waals surface area (Å²) in [4.78, 5) is 13.8. The highest BCUT2D eigenvalue weighted by Gasteiger charge is 2.31. The van der Waals surface area contributed by atoms with Gasteiger partial charge in [0.25, 0.3) is 0 Å². The molecule has 7 heteroatoms. The molecule has 2 atom stereocenters. The molecule has 3 aliphatic rings. The lowest BCUT2D eigenvalue weighted by Crippen LogP contribution is -2.33. The first kappa shape index (κ1) is 20.9. The summed E-state index contributed by atoms with van der Waals surface area (Å²) in [6, 6.07) is 12.7. The van der Waals surface area contributed by atoms with Crippen LogP contribution in [0.2, 0.25) is 5.02 Å². The fraction of sp³-hybridized carbons (Fsp3) is 0.385. The van der Waals surface area contributed by atoms with E-state index in [0.717, 1.165) is 36.4 Å². The maximum Gasteiger partial charge on any atom is 0.229 e. The van der Waals surface area contributed by atoms with E-state index in [1.165, 1.54) is 24.0 Å². The van der Waals surface area contributed by atoms with E-state index in [2.05, 4.69) is 51.4 Å². The maximum absolute atomic E-state index is 9.88. The van der Waals surface area contributed by atoms with Gasteiger partial charge in [-0.1, -0.05) is 29.8 Å². The summed E-state index contributed by atoms with van der Waals surface area (Å²) in [7, 11) is 2.21. The number of aliphatic hydroxyl groups excluding tert-OH is 1. The topological polar surface area (TPSA) is 64.5 Å². The highest BCUT2D eigenvalue weighted by Crippen LogP contribution is 2.43. The number of nitrogens with zero attached hydrogens (tertiary/aromatic N) is 4. The van der Waals surface area contributed by atoms with Gasteiger partial charge in [0.05, 0.1) is 12.8 Å². The number of fused-ring (bicyclic) bond motifs is 1. The van der Waals surface area contributed by atoms with Crippen LogP contribution in [0.25, 0.3) is 0 Å². The minimum atomic E-state index is 0.0438. The van der Waals surface area contributed by atoms with E-state index in [0.29, 0.717) is 29.3 Å². The summed E-state index contributed by atoms with van der Waals surface area (Å²) in [5.41, 5.74) is 7.65. The van der Waals surface area contributed by atoms with Crippen molar-refractivity contribution in [1.82, 2.24) is 14.9 Å². The van der Waals surface area contributed by atoms with Crippen LogP contribution in [0, 0.1) is 0 Å². The third-order valence-electron chi connectivity index (χ3n) is 7.26. The molecule has 0 saturated carbocycles. The Morgan fingerprint density at radius 2 is 2.03 bits per heavy atom. The van der Waals surface area contributed by atoms with Crippen molar-refractivity contribution in [2.45, 2.75) is 37.6 Å². The zero-order valence-corrected chi connectivity index (χ0v) is 19.5. The SMILES string of the molecule is CN1Cc2cc(Nc3ncc(Cl)c(N4CC(CO)c5ccccc54)n3)cc3c2C(CCC3)C1. The number of para-hydroxylation sites is 1. The first-order valence-electron chi connectivity index (χ1n) is 11.7. The van der Waals surface area contributed by atoms with Crippen LogP contribution in [0.5, 0.6) is 0 Å². The van der Waals surface area contributed by atoms with Crippen LogP contribution in [0.4, 0.5) is 23.1 Å². The van der Waals surface area contributed by atoms with Crippen molar-refractivity contribution in [3.05, 3.63) is 69.9 Å². The second-order valence-corrected chi connectivity index (χ2v) is 9.94. The summed E-state index contributed by atoms with van der Waals surface area (Å²) in [5, 5.41) is 13.8. The molecular weight excluding hydrogens is 434 g/mol. The molecule has 170 valence electrons. The van der Waals surface area contributed by atoms with E-state index >= 15 is 0 Å². The number of hydrogen-bond donors (Lipinski definition) is 2. The van der Waals surface area contributed by atoms with Crippen LogP contribution >= 0.6 is 11.6 Å². The van der Waals surface area contributed by atoms with Crippen molar-refractivity contribution >= 4 is 34.7 Å². The lowest BCUT2D eigenvalue weighted by molar-refractivity contribution is 0.266. The average Bonchev–Trinajstić information content (AvgIpc) is 3.19. The second-order valence-electron chi connectivity index (χ2n) is 9.53. The summed E-state index contributed by atoms with van der Waals surface area (Å²) >= 11 is 6.56. The van der Waals surface area contributed by atoms with Crippen molar-refractivity contribution in [2.24, 2.45) is 0 Å². The molecule has 1 aliphatic carbocycles. The molecule has 0 bridgehead atoms. The molecule has 0 radical (unpaired) electrons. The van der Waals surface area contributed by atoms with E-state index in [-0.39, 0.29) is 12.5 Å². The normalized spacial score (nSPS) is 21.6. The molecule has 6 nitrogen and oxygen atoms in total. The molecule has 2 aromatic carbocycles. The highest BCUT2D eigenvalue weighted by atomic mass is 35.5. The van der Waals surface area contributed by atoms with Crippen molar-refractivity contribution in [3.8, 4) is 0 Å². The first-order valence-corrected chi connectivity index (χ1v) is 12.1. The molecular formula is C26H28ClN5O. The summed E-state index contributed by atoms with van der Waals surface area (Å²) in [5.74, 6) is 1.90. The van der Waals surface area contributed by atoms with E-state index in [4.69, 9.17) is 16.6 Å². The van der Waals surface area contributed by atoms with Gasteiger partial charge in [-0.25, -0.2) is 4.98 Å². The van der Waals surface area contributed by atoms with Crippen LogP contribution in [0.1, 0.15) is 46.9 Å². The number of nitrogens with one attached hydrogen (secondary N) is 1. The molecule has 0 saturated heterocycles. The number of likely N-dealkylation sites (N-methyl/N-ethyl adjacent to an activating group) is 1. The summed E-state index contributed by atoms with van der Waals surface area (Å²) in [6.07, 6.45) is 5.33. The molecule has 2 aliphatic heterocycles. The maximum atomic E-state index is 9.88. The molecule has 6 rings (SSSR count). The Balaban J connectivity index is 1.34. The quantitative estimate of drug-likeness (QED) is 0.572. The van der Waals surface area contributed by atoms with Crippen LogP contribution in [-0.4, -0.2) is 46.7 Å². The Kier molecular flexibility index (Phi) is 5.24. The Morgan fingerprint density at radius 3 is 2.91 bits per heavy atom. The molecule has 0 amide bonds. The smallest absolute Gasteiger partial charge is 0.229 e. The number of aliphatic hydroxyl groups is 1. The number of anilines is 4. The summed E-state index contributed by atoms with van der Waals surface area (Å²) in [6.45, 7) is 2.87. The lowest BCUT2D eigenvalue weighted by Gasteiger charge is -2.37. The Bertz CT molecular complexity index is 1220. The standard InChI is InChI=1S/C26H28ClN5O/c1-31-12-17-6-4-5-16-9-20(10-18(13-31)24(16)17)29-26-28-11-22(27)25(30-26)32-14-19(15-33)21-7-2-3-8-23(21)32/h2-3,7-11,17,19,33H,4-6,12-15H2,1H3,(H,28,29,30). The third-order valence-corrected chi connectivity index (χ3v) is 7.53. The van der Waals surface area contributed by atoms with E-state index in [1.54, 1.807) is 11.8 Å². The van der Waals surface area contributed by atoms with Gasteiger partial charge < -0.3 is 20.2 Å². The first-order chi connectivity index (χ1) is 16.1. The van der Waals surface area contributed by atoms with Gasteiger partial charge in [-0.3, -0.25) is 0 Å². The number of halogens is 1. The largest absolute Gasteiger partial charge is 0.396 e. The van der Waals surface area contributed by atoms with Crippen molar-refractivity contribution in [1.29, 1.82) is 0 Å². The van der Waals surface area contributed by atoms with Crippen LogP contribution in [0.15, 0.2) is 42.6 Å². The van der Waals surface area contributed by atoms with Crippen LogP contribution in [0.3, 0.4) is 0 Å². The van der Waals surface area contributed by atoms with Gasteiger partial charge in [-0.15, -0.1) is 0 Å². The van der Waals surface area contributed by atoms with Gasteiger partial charge in [-0.2, -0.15) is 4.98 Å². The van der Waals surface area contributed by atoms with Gasteiger partial charge in [0.2, 0.25) is 5.95 Å². The number of aryl methyl sites for hydroxylation is 1. The Morgan fingerprint density at radius 1 is 1.18 bits per heavy atom. The van der Waals surface area contributed by atoms with Crippen molar-refractivity contribution in [3.63, 3.8) is 0 Å². The number of benzene rings is 2. The highest BCUT2D eigenvalue weighted by molar-refractivity contribution is 6.33. The molecule has 2 N–H and O–H groups in total. The average molecular weight is 462 g/mol. The minimum Gasteiger partial charge on any atom is -0.396 e. The Labute approximate surface area is 199 Å². The predicted molar refractivity (Wildman–Crippen MR) is 132 cm³/mol. The van der Waals surface area contributed by atoms with Crippen molar-refractivity contribution < 1.29 is 5.11 Å². The molecule has 0 spiro atoms. The van der Waals surface area contributed by atoms with E-state index < -0.39 is 0 Å². The number of rotatable bonds is 4. The molecule has 3 aromatic rings. The molecule has 2 unspecified atom stereocenters. The fourth-order valence-electron chi connectivity index (χ4n) is 5.90. The molecule has 3 heterocycles. The summed E-state index contributed by atoms with van der Waals surface area (Å²) < 4.78 is 0. The van der Waals surface area contributed by atoms with Crippen LogP contribution in [-0.2, 0) is 13.0 Å². The number of aromatic nitrogens is 2. The van der Waals surface area contributed by atoms with Crippen molar-refractivity contribution in [2.75, 3.05) is 37.0 Å². The van der Waals surface area contributed by atoms with Crippen LogP contribution < -0.4 is 10.2 Å². The third kappa shape index (κ3) is 3.66. The fourth-order valence-corrected chi connectivity index (χ4v) is 6.09. The lowest BCUT2D eigenvalue weighted by atomic mass is 9.77. The van der Waals surface area contributed by atoms with E-state index in [1.807, 2.05) is 12.1 Å². The molecule has 0 fully saturated rings. The van der Waals surface area contributed by atoms with Gasteiger partial charge in [0.15, 0.2) is 5.82 Å². The van der Waals surface area contributed by atoms with Gasteiger partial charge in [0, 0.05) is 36.9 Å². The van der Waals surface area contributed by atoms with Gasteiger partial charge >= 0.3 is 0 Å². The van der Waals surface area contributed by atoms with Gasteiger partial charge in [-0.05, 0) is 72.7 Å². The zero-order chi connectivity index (χ0) is 22.5. The van der Waals surface area contributed by atoms with E-state index in [9.17, 15) is 5.11 Å². The second kappa shape index (κ2) is 8.28. The number of hydrogen-bond acceptors (Lipinski definition) is 6. The van der Waals surface area contributed by atoms with Gasteiger partial charge in [0.1, 0.15) is 5.02 Å². The molecule has 33 heavy (non-hydrogen) atoms. The predicted octanol–water partition coefficient (Wildman–Crippen LogP) is 4.97. The Hall–Kier alpha value is -2.67. The minimum absolute atomic E-state index is 0.0438. The molecule has 1 aromatic heterocycles. The monoisotopic (exact) mass is 461 g/mol.